The summed E-state index contributed by atoms with van der Waals surface area (Å²) >= 11 is 0. The minimum absolute atomic E-state index is 0.706. The maximum atomic E-state index is 5.85. The lowest BCUT2D eigenvalue weighted by Gasteiger charge is -2.29. The fourth-order valence-electron chi connectivity index (χ4n) is 4.79. The molecule has 3 saturated carbocycles. The van der Waals surface area contributed by atoms with Crippen molar-refractivity contribution in [2.24, 2.45) is 29.6 Å². The molecule has 0 aromatic heterocycles. The van der Waals surface area contributed by atoms with Crippen molar-refractivity contribution in [2.75, 3.05) is 0 Å². The Bertz CT molecular complexity index is 231. The molecule has 4 bridgehead atoms. The van der Waals surface area contributed by atoms with E-state index in [4.69, 9.17) is 4.74 Å². The van der Waals surface area contributed by atoms with Crippen molar-refractivity contribution in [1.29, 1.82) is 0 Å². The molecule has 12 heavy (non-hydrogen) atoms. The number of ether oxygens (including phenoxy) is 1. The van der Waals surface area contributed by atoms with Crippen LogP contribution in [0.1, 0.15) is 26.2 Å². The maximum absolute atomic E-state index is 5.85. The highest BCUT2D eigenvalue weighted by Crippen LogP contribution is 2.66. The predicted molar refractivity (Wildman–Crippen MR) is 45.6 cm³/mol. The smallest absolute Gasteiger partial charge is 0.0638 e. The summed E-state index contributed by atoms with van der Waals surface area (Å²) in [6, 6.07) is 0. The normalized spacial score (nSPS) is 71.2. The summed E-state index contributed by atoms with van der Waals surface area (Å²) < 4.78 is 5.85. The fraction of sp³-hybridized carbons (Fsp3) is 1.00. The second kappa shape index (κ2) is 1.75. The molecule has 0 N–H and O–H groups in total. The Morgan fingerprint density at radius 3 is 2.58 bits per heavy atom. The first-order chi connectivity index (χ1) is 5.84. The first kappa shape index (κ1) is 6.42. The molecule has 0 aromatic carbocycles. The Kier molecular flexibility index (Phi) is 0.934. The van der Waals surface area contributed by atoms with Gasteiger partial charge in [-0.05, 0) is 42.4 Å². The van der Waals surface area contributed by atoms with Gasteiger partial charge in [0.15, 0.2) is 0 Å². The van der Waals surface area contributed by atoms with Gasteiger partial charge in [0, 0.05) is 6.42 Å². The van der Waals surface area contributed by atoms with E-state index >= 15 is 0 Å². The van der Waals surface area contributed by atoms with Crippen LogP contribution in [0.2, 0.25) is 0 Å². The van der Waals surface area contributed by atoms with Gasteiger partial charge in [-0.25, -0.2) is 0 Å². The molecule has 5 rings (SSSR count). The molecule has 1 heteroatoms. The van der Waals surface area contributed by atoms with Crippen molar-refractivity contribution in [3.05, 3.63) is 0 Å². The van der Waals surface area contributed by atoms with Crippen molar-refractivity contribution in [3.63, 3.8) is 0 Å². The van der Waals surface area contributed by atoms with Crippen LogP contribution < -0.4 is 0 Å². The summed E-state index contributed by atoms with van der Waals surface area (Å²) in [5.41, 5.74) is 0. The van der Waals surface area contributed by atoms with Crippen LogP contribution in [-0.4, -0.2) is 12.2 Å². The molecular weight excluding hydrogens is 148 g/mol. The van der Waals surface area contributed by atoms with Crippen molar-refractivity contribution < 1.29 is 4.74 Å². The average Bonchev–Trinajstić information content (AvgIpc) is 2.49. The molecule has 0 aromatic rings. The summed E-state index contributed by atoms with van der Waals surface area (Å²) in [6.07, 6.45) is 5.89. The molecular formula is C11H16O. The Balaban J connectivity index is 1.77. The third-order valence-corrected chi connectivity index (χ3v) is 5.14. The van der Waals surface area contributed by atoms with E-state index in [2.05, 4.69) is 6.92 Å². The van der Waals surface area contributed by atoms with E-state index < -0.39 is 0 Å². The van der Waals surface area contributed by atoms with Crippen molar-refractivity contribution >= 4 is 0 Å². The van der Waals surface area contributed by atoms with Crippen LogP contribution in [0.15, 0.2) is 0 Å². The summed E-state index contributed by atoms with van der Waals surface area (Å²) in [5, 5.41) is 0. The summed E-state index contributed by atoms with van der Waals surface area (Å²) in [7, 11) is 0. The van der Waals surface area contributed by atoms with Crippen LogP contribution in [0.25, 0.3) is 0 Å². The van der Waals surface area contributed by atoms with E-state index in [9.17, 15) is 0 Å². The zero-order valence-electron chi connectivity index (χ0n) is 7.57. The zero-order chi connectivity index (χ0) is 7.87. The molecule has 0 spiro atoms. The highest BCUT2D eigenvalue weighted by atomic mass is 16.5. The molecule has 0 radical (unpaired) electrons. The van der Waals surface area contributed by atoms with E-state index in [0.29, 0.717) is 12.2 Å². The monoisotopic (exact) mass is 164 g/mol. The van der Waals surface area contributed by atoms with Gasteiger partial charge in [-0.3, -0.25) is 0 Å². The van der Waals surface area contributed by atoms with Gasteiger partial charge in [-0.1, -0.05) is 6.92 Å². The van der Waals surface area contributed by atoms with E-state index in [1.54, 1.807) is 6.42 Å². The van der Waals surface area contributed by atoms with Crippen molar-refractivity contribution in [2.45, 2.75) is 38.4 Å². The van der Waals surface area contributed by atoms with Gasteiger partial charge in [0.1, 0.15) is 0 Å². The van der Waals surface area contributed by atoms with Crippen LogP contribution >= 0.6 is 0 Å². The lowest BCUT2D eigenvalue weighted by molar-refractivity contribution is -0.0907. The molecule has 5 aliphatic rings. The molecule has 2 heterocycles. The van der Waals surface area contributed by atoms with Gasteiger partial charge in [0.05, 0.1) is 12.2 Å². The molecule has 66 valence electrons. The fourth-order valence-corrected chi connectivity index (χ4v) is 4.79. The molecule has 0 amide bonds. The molecule has 5 fully saturated rings. The van der Waals surface area contributed by atoms with E-state index in [0.717, 1.165) is 29.6 Å². The minimum atomic E-state index is 0.706. The third-order valence-electron chi connectivity index (χ3n) is 5.14. The Hall–Kier alpha value is -0.0400. The lowest BCUT2D eigenvalue weighted by Crippen LogP contribution is -2.31. The van der Waals surface area contributed by atoms with Crippen LogP contribution in [0.5, 0.6) is 0 Å². The topological polar surface area (TPSA) is 9.23 Å². The largest absolute Gasteiger partial charge is 0.374 e. The van der Waals surface area contributed by atoms with Gasteiger partial charge >= 0.3 is 0 Å². The number of hydrogen-bond donors (Lipinski definition) is 0. The van der Waals surface area contributed by atoms with Gasteiger partial charge in [0.25, 0.3) is 0 Å². The van der Waals surface area contributed by atoms with Crippen LogP contribution in [0.3, 0.4) is 0 Å². The van der Waals surface area contributed by atoms with E-state index in [1.807, 2.05) is 0 Å². The van der Waals surface area contributed by atoms with Gasteiger partial charge in [-0.2, -0.15) is 0 Å². The Morgan fingerprint density at radius 2 is 1.75 bits per heavy atom. The average molecular weight is 164 g/mol. The van der Waals surface area contributed by atoms with Crippen LogP contribution in [-0.2, 0) is 4.74 Å². The molecule has 7 unspecified atom stereocenters. The van der Waals surface area contributed by atoms with Crippen LogP contribution in [0.4, 0.5) is 0 Å². The zero-order valence-corrected chi connectivity index (χ0v) is 7.57. The molecule has 2 saturated heterocycles. The molecule has 1 nitrogen and oxygen atoms in total. The summed E-state index contributed by atoms with van der Waals surface area (Å²) in [5.74, 6) is 5.14. The third kappa shape index (κ3) is 0.501. The number of fused-ring (bicyclic) bond motifs is 2. The van der Waals surface area contributed by atoms with Gasteiger partial charge < -0.3 is 4.74 Å². The number of hydrogen-bond acceptors (Lipinski definition) is 1. The summed E-state index contributed by atoms with van der Waals surface area (Å²) in [6.45, 7) is 2.45. The van der Waals surface area contributed by atoms with Crippen molar-refractivity contribution in [3.8, 4) is 0 Å². The summed E-state index contributed by atoms with van der Waals surface area (Å²) in [4.78, 5) is 0. The van der Waals surface area contributed by atoms with Crippen molar-refractivity contribution in [1.82, 2.24) is 0 Å². The van der Waals surface area contributed by atoms with Gasteiger partial charge in [0.2, 0.25) is 0 Å². The molecule has 3 aliphatic carbocycles. The quantitative estimate of drug-likeness (QED) is 0.532. The second-order valence-corrected chi connectivity index (χ2v) is 5.48. The van der Waals surface area contributed by atoms with E-state index in [1.165, 1.54) is 12.8 Å². The lowest BCUT2D eigenvalue weighted by atomic mass is 9.77. The molecule has 7 atom stereocenters. The van der Waals surface area contributed by atoms with Gasteiger partial charge in [-0.15, -0.1) is 0 Å². The van der Waals surface area contributed by atoms with E-state index in [-0.39, 0.29) is 0 Å². The standard InChI is InChI=1S/C11H16O/c1-5-2-6-3-7(5)11-9-4-8(12-9)10(6)11/h5-11H,2-4H2,1H3. The predicted octanol–water partition coefficient (Wildman–Crippen LogP) is 2.07. The number of rotatable bonds is 0. The molecule has 2 aliphatic heterocycles. The Labute approximate surface area is 73.5 Å². The highest BCUT2D eigenvalue weighted by molar-refractivity contribution is 5.13. The first-order valence-corrected chi connectivity index (χ1v) is 5.50. The SMILES string of the molecule is CC1CC2CC1C1C3CC(O3)C21. The second-order valence-electron chi connectivity index (χ2n) is 5.48. The van der Waals surface area contributed by atoms with Crippen LogP contribution in [0, 0.1) is 29.6 Å². The Morgan fingerprint density at radius 1 is 1.00 bits per heavy atom. The minimum Gasteiger partial charge on any atom is -0.374 e. The first-order valence-electron chi connectivity index (χ1n) is 5.50. The highest BCUT2D eigenvalue weighted by Gasteiger charge is 2.65. The maximum Gasteiger partial charge on any atom is 0.0638 e.